The number of urea groups is 1. The van der Waals surface area contributed by atoms with Crippen LogP contribution in [0.3, 0.4) is 0 Å². The number of thioether (sulfide) groups is 4. The first-order valence-electron chi connectivity index (χ1n) is 43.2. The molecule has 4 N–H and O–H groups in total. The van der Waals surface area contributed by atoms with Gasteiger partial charge in [-0.3, -0.25) is 48.1 Å². The Balaban J connectivity index is 0.000000886. The molecule has 0 aliphatic heterocycles. The van der Waals surface area contributed by atoms with Gasteiger partial charge < -0.3 is 16.4 Å². The fraction of sp³-hybridized carbons (Fsp3) is 0.500. The number of carbonyl (C=O) groups excluding carboxylic acids is 2. The number of ketones is 1. The Morgan fingerprint density at radius 3 is 1.11 bits per heavy atom. The van der Waals surface area contributed by atoms with Crippen LogP contribution in [0.5, 0.6) is 0 Å². The molecular weight excluding hydrogens is 1790 g/mol. The zero-order valence-corrected chi connectivity index (χ0v) is 82.5. The van der Waals surface area contributed by atoms with Gasteiger partial charge in [-0.2, -0.15) is 47.0 Å². The summed E-state index contributed by atoms with van der Waals surface area (Å²) >= 11 is 6.89. The average molecular weight is 1950 g/mol. The number of amides is 2. The first kappa shape index (κ1) is 120. The van der Waals surface area contributed by atoms with Gasteiger partial charge in [0.05, 0.1) is 52.6 Å². The zero-order valence-electron chi connectivity index (χ0n) is 76.8. The third-order valence-corrected chi connectivity index (χ3v) is 29.6. The monoisotopic (exact) mass is 1940 g/mol. The van der Waals surface area contributed by atoms with Gasteiger partial charge in [0.25, 0.3) is 47.1 Å². The van der Waals surface area contributed by atoms with Crippen molar-refractivity contribution < 1.29 is 54.0 Å². The van der Waals surface area contributed by atoms with Crippen molar-refractivity contribution in [2.45, 2.75) is 252 Å². The largest absolute Gasteiger partial charge is 0.399 e. The number of nitrogens with zero attached hydrogens (tertiary/aromatic N) is 6. The normalized spacial score (nSPS) is 12.6. The zero-order chi connectivity index (χ0) is 94.3. The number of nitrogen functional groups attached to an aromatic ring is 1. The summed E-state index contributed by atoms with van der Waals surface area (Å²) in [6.45, 7) is 26.5. The van der Waals surface area contributed by atoms with Gasteiger partial charge in [-0.15, -0.1) is 0 Å². The Morgan fingerprint density at radius 2 is 0.779 bits per heavy atom. The van der Waals surface area contributed by atoms with Crippen molar-refractivity contribution in [3.05, 3.63) is 253 Å². The number of anilines is 5. The highest BCUT2D eigenvalue weighted by atomic mass is 32.2. The number of nitro benzene ring substituents is 3. The third-order valence-electron chi connectivity index (χ3n) is 21.3. The predicted molar refractivity (Wildman–Crippen MR) is 557 cm³/mol. The van der Waals surface area contributed by atoms with Crippen LogP contribution in [-0.4, -0.2) is 126 Å². The SMILES string of the molecule is C.C.C.C.CSCCCCc1ccc([N+](=O)[O-])cc1.CSCCCN(c1ccc(N)cc1)S(=O)(=O)c1ccc(C(C)(C)C)cc1.CSCCCN(c1ccc(NC(=O)N[C@H](CC2CCCCC2)C(=O)CC(C)CCCC(C)C)cc1)S(=O)(=O)c1ccc(C(C)(C)C)cc1.CSCCCN(c1ccc([N+](=O)[O-])cc1)S(=O)(=O)c1ccc(C(C)(C)C)cc1.O=[N+]([O-])c1ccc(F)cc1. The van der Waals surface area contributed by atoms with E-state index in [9.17, 15) is 69.6 Å². The maximum absolute atomic E-state index is 13.9. The van der Waals surface area contributed by atoms with Gasteiger partial charge in [-0.25, -0.2) is 34.4 Å². The second-order valence-corrected chi connectivity index (χ2v) is 44.6. The molecule has 1 aliphatic carbocycles. The van der Waals surface area contributed by atoms with Gasteiger partial charge in [-0.05, 0) is 258 Å². The van der Waals surface area contributed by atoms with Crippen LogP contribution in [0.1, 0.15) is 231 Å². The first-order chi connectivity index (χ1) is 59.9. The summed E-state index contributed by atoms with van der Waals surface area (Å²) in [6, 6.07) is 51.1. The van der Waals surface area contributed by atoms with E-state index < -0.39 is 57.8 Å². The molecule has 0 radical (unpaired) electrons. The highest BCUT2D eigenvalue weighted by Crippen LogP contribution is 2.35. The Morgan fingerprint density at radius 1 is 0.450 bits per heavy atom. The summed E-state index contributed by atoms with van der Waals surface area (Å²) in [5.74, 6) is 4.80. The van der Waals surface area contributed by atoms with E-state index in [0.717, 1.165) is 110 Å². The van der Waals surface area contributed by atoms with Gasteiger partial charge in [0.15, 0.2) is 5.78 Å². The fourth-order valence-electron chi connectivity index (χ4n) is 13.8. The highest BCUT2D eigenvalue weighted by Gasteiger charge is 2.32. The molecule has 23 nitrogen and oxygen atoms in total. The molecular formula is C100H150FN9O14S7. The molecule has 1 saturated carbocycles. The highest BCUT2D eigenvalue weighted by molar-refractivity contribution is 7.99. The van der Waals surface area contributed by atoms with E-state index in [1.807, 2.05) is 79.1 Å². The number of unbranched alkanes of at least 4 members (excludes halogenated alkanes) is 1. The summed E-state index contributed by atoms with van der Waals surface area (Å²) in [4.78, 5) is 57.4. The molecule has 1 aliphatic rings. The molecule has 2 atom stereocenters. The van der Waals surface area contributed by atoms with Gasteiger partial charge >= 0.3 is 6.03 Å². The van der Waals surface area contributed by atoms with Crippen LogP contribution < -0.4 is 29.3 Å². The van der Waals surface area contributed by atoms with Crippen LogP contribution in [0.25, 0.3) is 0 Å². The number of hydrogen-bond donors (Lipinski definition) is 3. The average Bonchev–Trinajstić information content (AvgIpc) is 0.794. The molecule has 0 aromatic heterocycles. The number of hydrogen-bond acceptors (Lipinski definition) is 19. The second-order valence-electron chi connectivity index (χ2n) is 35.1. The lowest BCUT2D eigenvalue weighted by Crippen LogP contribution is -2.44. The van der Waals surface area contributed by atoms with Crippen molar-refractivity contribution in [3.63, 3.8) is 0 Å². The Bertz CT molecular complexity index is 5020. The van der Waals surface area contributed by atoms with E-state index in [4.69, 9.17) is 5.73 Å². The molecule has 131 heavy (non-hydrogen) atoms. The Hall–Kier alpha value is -8.72. The molecule has 1 fully saturated rings. The maximum Gasteiger partial charge on any atom is 0.319 e. The van der Waals surface area contributed by atoms with Crippen molar-refractivity contribution in [1.82, 2.24) is 5.32 Å². The van der Waals surface area contributed by atoms with Crippen LogP contribution in [0.4, 0.5) is 54.7 Å². The molecule has 8 aromatic carbocycles. The first-order valence-corrected chi connectivity index (χ1v) is 53.1. The minimum absolute atomic E-state index is 0. The summed E-state index contributed by atoms with van der Waals surface area (Å²) in [7, 11) is -11.2. The number of benzene rings is 8. The summed E-state index contributed by atoms with van der Waals surface area (Å²) in [6.07, 6.45) is 23.9. The molecule has 1 unspecified atom stereocenters. The van der Waals surface area contributed by atoms with Crippen LogP contribution in [0.15, 0.2) is 209 Å². The molecule has 0 heterocycles. The van der Waals surface area contributed by atoms with Gasteiger partial charge in [0.1, 0.15) is 5.82 Å². The lowest BCUT2D eigenvalue weighted by atomic mass is 9.82. The van der Waals surface area contributed by atoms with E-state index in [-0.39, 0.29) is 89.4 Å². The fourth-order valence-corrected chi connectivity index (χ4v) is 20.1. The topological polar surface area (TPSA) is 326 Å². The lowest BCUT2D eigenvalue weighted by molar-refractivity contribution is -0.385. The van der Waals surface area contributed by atoms with E-state index in [0.29, 0.717) is 90.5 Å². The molecule has 0 spiro atoms. The molecule has 31 heteroatoms. The van der Waals surface area contributed by atoms with Gasteiger partial charge in [-0.1, -0.05) is 213 Å². The van der Waals surface area contributed by atoms with E-state index in [1.165, 1.54) is 74.2 Å². The smallest absolute Gasteiger partial charge is 0.319 e. The third kappa shape index (κ3) is 41.3. The number of sulfonamides is 3. The van der Waals surface area contributed by atoms with Crippen molar-refractivity contribution in [2.75, 3.05) is 91.6 Å². The van der Waals surface area contributed by atoms with Gasteiger partial charge in [0, 0.05) is 73.8 Å². The van der Waals surface area contributed by atoms with Crippen LogP contribution in [0.2, 0.25) is 0 Å². The molecule has 728 valence electrons. The molecule has 9 rings (SSSR count). The Kier molecular flexibility index (Phi) is 54.3. The number of Topliss-reactive ketones (excluding diaryl/α,β-unsaturated/α-hetero) is 1. The van der Waals surface area contributed by atoms with Crippen LogP contribution in [0, 0.1) is 53.9 Å². The summed E-state index contributed by atoms with van der Waals surface area (Å²) < 4.78 is 97.2. The minimum atomic E-state index is -3.81. The van der Waals surface area contributed by atoms with Crippen molar-refractivity contribution >= 4 is 134 Å². The number of aryl methyl sites for hydroxylation is 1. The van der Waals surface area contributed by atoms with Crippen molar-refractivity contribution in [1.29, 1.82) is 0 Å². The molecule has 8 aromatic rings. The number of rotatable bonds is 40. The lowest BCUT2D eigenvalue weighted by Gasteiger charge is -2.27. The van der Waals surface area contributed by atoms with Gasteiger partial charge in [0.2, 0.25) is 0 Å². The van der Waals surface area contributed by atoms with Crippen LogP contribution >= 0.6 is 47.0 Å². The van der Waals surface area contributed by atoms with E-state index >= 15 is 0 Å². The number of non-ortho nitro benzene ring substituents is 3. The maximum atomic E-state index is 13.9. The Labute approximate surface area is 802 Å². The number of halogens is 1. The molecule has 0 bridgehead atoms. The number of nitrogens with one attached hydrogen (secondary N) is 2. The van der Waals surface area contributed by atoms with Crippen molar-refractivity contribution in [3.8, 4) is 0 Å². The number of nitrogens with two attached hydrogens (primary N) is 1. The predicted octanol–water partition coefficient (Wildman–Crippen LogP) is 26.7. The molecule has 2 amide bonds. The van der Waals surface area contributed by atoms with E-state index in [2.05, 4.69) is 100.0 Å². The second kappa shape index (κ2) is 59.1. The summed E-state index contributed by atoms with van der Waals surface area (Å²) in [5, 5.41) is 37.2. The minimum Gasteiger partial charge on any atom is -0.399 e. The summed E-state index contributed by atoms with van der Waals surface area (Å²) in [5.41, 5.74) is 12.8. The van der Waals surface area contributed by atoms with Crippen LogP contribution in [-0.2, 0) is 57.5 Å². The number of carbonyl (C=O) groups is 2. The quantitative estimate of drug-likeness (QED) is 0.0139. The number of nitro groups is 3. The van der Waals surface area contributed by atoms with Crippen molar-refractivity contribution in [2.24, 2.45) is 17.8 Å². The molecule has 0 saturated heterocycles. The standard InChI is InChI=1S/C39H61N3O4S2.C20H26N2O4S2.C20H28N2O2S2.C11H15NO2S.C6H4FNO2.4CH4/c1-29(2)13-11-14-30(3)27-37(43)36(28-31-15-9-8-10-16-31)41-38(44)40-33-19-21-34(22-20-33)42(25-12-26-47-7)48(45,46)35-23-17-32(18-24-35)39(4,5)6;1-20(2,3)16-6-12-19(13-7-16)28(25,26)21(14-5-15-27-4)17-8-10-18(11-9-17)22(23)24;1-20(2,3)16-6-12-19(13-7-16)26(23,24)22(14-5-15-25-4)18-10-8-17(21)9-11-18;1-15-9-3-2-4-10-5-7-11(8-6-10)12(13)14;7-5-1-3-6(4-2-5)8(9)10;;;;/h17-24,29-31,36H,8-16,25-28H2,1-7H3,(H2,40,41,44);6-13H,5,14-15H2,1-4H3;6-13H,5,14-15,21H2,1-4H3;5-8H,2-4,9H2,1H3;1-4H;4*1H4/t30?,36-;;;;;;;;/m1......../s1. The van der Waals surface area contributed by atoms with E-state index in [1.54, 1.807) is 132 Å².